The van der Waals surface area contributed by atoms with Crippen LogP contribution in [-0.4, -0.2) is 23.3 Å². The largest absolute Gasteiger partial charge is 0.673 e. The summed E-state index contributed by atoms with van der Waals surface area (Å²) in [6, 6.07) is 9.58. The van der Waals surface area contributed by atoms with Crippen LogP contribution < -0.4 is 4.18 Å². The van der Waals surface area contributed by atoms with Crippen molar-refractivity contribution in [1.82, 2.24) is 0 Å². The lowest BCUT2D eigenvalue weighted by atomic mass is 10.3. The van der Waals surface area contributed by atoms with Crippen LogP contribution in [0.15, 0.2) is 30.3 Å². The zero-order chi connectivity index (χ0) is 13.6. The number of halogens is 4. The zero-order valence-corrected chi connectivity index (χ0v) is 10.4. The number of benzene rings is 1. The van der Waals surface area contributed by atoms with Gasteiger partial charge in [0.2, 0.25) is 0 Å². The van der Waals surface area contributed by atoms with Crippen LogP contribution in [0.5, 0.6) is 5.75 Å². The highest BCUT2D eigenvalue weighted by Gasteiger charge is 2.23. The van der Waals surface area contributed by atoms with Gasteiger partial charge in [-0.15, -0.1) is 0 Å². The number of para-hydroxylation sites is 1. The summed E-state index contributed by atoms with van der Waals surface area (Å²) in [5.41, 5.74) is 0. The maximum Gasteiger partial charge on any atom is 0.673 e. The van der Waals surface area contributed by atoms with Crippen LogP contribution in [0.4, 0.5) is 17.3 Å². The van der Waals surface area contributed by atoms with Crippen LogP contribution in [0.3, 0.4) is 0 Å². The molecule has 1 aromatic carbocycles. The van der Waals surface area contributed by atoms with E-state index in [9.17, 15) is 21.8 Å². The van der Waals surface area contributed by atoms with Crippen molar-refractivity contribution in [3.63, 3.8) is 0 Å². The Balaban J connectivity index is 0.000000280. The molecule has 2 nitrogen and oxygen atoms in total. The average molecular weight is 285 g/mol. The molecule has 0 atom stereocenters. The van der Waals surface area contributed by atoms with Gasteiger partial charge < -0.3 is 21.4 Å². The molecular weight excluding hydrogens is 271 g/mol. The van der Waals surface area contributed by atoms with Gasteiger partial charge in [0.05, 0.1) is 0 Å². The Morgan fingerprint density at radius 2 is 1.44 bits per heavy atom. The molecule has 0 saturated carbocycles. The van der Waals surface area contributed by atoms with Gasteiger partial charge in [-0.3, -0.25) is 4.55 Å². The van der Waals surface area contributed by atoms with E-state index in [2.05, 4.69) is 0 Å². The van der Waals surface area contributed by atoms with Crippen molar-refractivity contribution in [3.8, 4) is 5.75 Å². The second-order valence-corrected chi connectivity index (χ2v) is 6.31. The first-order valence-electron chi connectivity index (χ1n) is 5.41. The predicted octanol–water partition coefficient (Wildman–Crippen LogP) is 4.35. The molecule has 1 N–H and O–H groups in total. The van der Waals surface area contributed by atoms with Gasteiger partial charge in [0.25, 0.3) is 0 Å². The fourth-order valence-corrected chi connectivity index (χ4v) is 3.65. The highest BCUT2D eigenvalue weighted by Crippen LogP contribution is 2.50. The summed E-state index contributed by atoms with van der Waals surface area (Å²) in [6.45, 7) is 0. The van der Waals surface area contributed by atoms with Crippen molar-refractivity contribution < 1.29 is 26.0 Å². The summed E-state index contributed by atoms with van der Waals surface area (Å²) in [5, 5.41) is 0. The van der Waals surface area contributed by atoms with Gasteiger partial charge in [-0.2, -0.15) is 10.6 Å². The second kappa shape index (κ2) is 6.33. The lowest BCUT2D eigenvalue weighted by molar-refractivity contribution is 0.368. The van der Waals surface area contributed by atoms with Crippen molar-refractivity contribution in [2.75, 3.05) is 11.5 Å². The minimum absolute atomic E-state index is 0.793. The molecule has 18 heavy (non-hydrogen) atoms. The molecule has 1 aromatic rings. The van der Waals surface area contributed by atoms with Gasteiger partial charge in [-0.1, -0.05) is 18.2 Å². The minimum Gasteiger partial charge on any atom is -0.418 e. The molecule has 0 aliphatic carbocycles. The van der Waals surface area contributed by atoms with Gasteiger partial charge >= 0.3 is 7.25 Å². The summed E-state index contributed by atoms with van der Waals surface area (Å²) >= 11 is 0. The summed E-state index contributed by atoms with van der Waals surface area (Å²) in [4.78, 5) is 0. The molecule has 1 aliphatic heterocycles. The van der Waals surface area contributed by atoms with E-state index in [0.29, 0.717) is 0 Å². The molecule has 1 heterocycles. The van der Waals surface area contributed by atoms with Crippen LogP contribution in [-0.2, 0) is 0 Å². The van der Waals surface area contributed by atoms with Gasteiger partial charge in [0.15, 0.2) is 5.75 Å². The lowest BCUT2D eigenvalue weighted by Gasteiger charge is -2.33. The van der Waals surface area contributed by atoms with E-state index < -0.39 is 17.8 Å². The molecule has 0 spiro atoms. The van der Waals surface area contributed by atoms with Gasteiger partial charge in [-0.25, -0.2) is 0 Å². The summed E-state index contributed by atoms with van der Waals surface area (Å²) in [5.74, 6) is 2.46. The quantitative estimate of drug-likeness (QED) is 0.646. The van der Waals surface area contributed by atoms with Gasteiger partial charge in [-0.05, 0) is 25.0 Å². The molecule has 104 valence electrons. The first-order valence-corrected chi connectivity index (χ1v) is 7.27. The zero-order valence-electron chi connectivity index (χ0n) is 9.57. The number of rotatable bonds is 2. The normalized spacial score (nSPS) is 19.6. The SMILES string of the molecule is F[B-](F)(F)F.OS1(Oc2ccccc2)CCCC1. The van der Waals surface area contributed by atoms with Crippen LogP contribution in [0.1, 0.15) is 12.8 Å². The van der Waals surface area contributed by atoms with Crippen LogP contribution in [0.25, 0.3) is 0 Å². The predicted molar refractivity (Wildman–Crippen MR) is 66.4 cm³/mol. The summed E-state index contributed by atoms with van der Waals surface area (Å²) in [7, 11) is -7.76. The summed E-state index contributed by atoms with van der Waals surface area (Å²) in [6.07, 6.45) is 2.19. The Morgan fingerprint density at radius 3 is 1.89 bits per heavy atom. The van der Waals surface area contributed by atoms with E-state index in [1.165, 1.54) is 0 Å². The molecule has 0 bridgehead atoms. The van der Waals surface area contributed by atoms with E-state index in [0.717, 1.165) is 30.1 Å². The van der Waals surface area contributed by atoms with Crippen molar-refractivity contribution in [2.24, 2.45) is 0 Å². The Hall–Kier alpha value is -0.885. The van der Waals surface area contributed by atoms with E-state index in [4.69, 9.17) is 4.18 Å². The Kier molecular flexibility index (Phi) is 5.34. The minimum atomic E-state index is -6.00. The maximum absolute atomic E-state index is 10.0. The smallest absolute Gasteiger partial charge is 0.418 e. The molecule has 1 fully saturated rings. The molecule has 8 heteroatoms. The third kappa shape index (κ3) is 6.75. The summed E-state index contributed by atoms with van der Waals surface area (Å²) < 4.78 is 54.6. The monoisotopic (exact) mass is 285 g/mol. The molecule has 0 unspecified atom stereocenters. The third-order valence-corrected chi connectivity index (χ3v) is 4.53. The van der Waals surface area contributed by atoms with Crippen LogP contribution in [0, 0.1) is 0 Å². The second-order valence-electron chi connectivity index (χ2n) is 3.78. The molecule has 0 amide bonds. The average Bonchev–Trinajstić information content (AvgIpc) is 2.64. The van der Waals surface area contributed by atoms with E-state index in [-0.39, 0.29) is 0 Å². The fraction of sp³-hybridized carbons (Fsp3) is 0.400. The van der Waals surface area contributed by atoms with Gasteiger partial charge in [0.1, 0.15) is 0 Å². The van der Waals surface area contributed by atoms with Crippen molar-refractivity contribution in [3.05, 3.63) is 30.3 Å². The fourth-order valence-electron chi connectivity index (χ4n) is 1.50. The van der Waals surface area contributed by atoms with Crippen molar-refractivity contribution >= 4 is 17.8 Å². The maximum atomic E-state index is 10.0. The highest BCUT2D eigenvalue weighted by molar-refractivity contribution is 8.25. The molecular formula is C10H14BF4O2S-. The molecule has 0 radical (unpaired) electrons. The molecule has 0 aromatic heterocycles. The van der Waals surface area contributed by atoms with Crippen molar-refractivity contribution in [2.45, 2.75) is 12.8 Å². The van der Waals surface area contributed by atoms with E-state index in [1.807, 2.05) is 30.3 Å². The van der Waals surface area contributed by atoms with Crippen LogP contribution in [0.2, 0.25) is 0 Å². The Labute approximate surface area is 105 Å². The standard InChI is InChI=1S/C10H14O2S.BF4/c11-13(8-4-5-9-13)12-10-6-2-1-3-7-10;2-1(3,4)5/h1-3,6-7,11H,4-5,8-9H2;/q;-1. The highest BCUT2D eigenvalue weighted by atomic mass is 32.3. The Bertz CT molecular complexity index is 349. The number of hydrogen-bond acceptors (Lipinski definition) is 2. The lowest BCUT2D eigenvalue weighted by Crippen LogP contribution is -2.08. The van der Waals surface area contributed by atoms with Crippen molar-refractivity contribution in [1.29, 1.82) is 0 Å². The van der Waals surface area contributed by atoms with Gasteiger partial charge in [0, 0.05) is 11.5 Å². The van der Waals surface area contributed by atoms with E-state index in [1.54, 1.807) is 0 Å². The molecule has 1 saturated heterocycles. The first-order chi connectivity index (χ1) is 8.29. The van der Waals surface area contributed by atoms with Crippen LogP contribution >= 0.6 is 10.6 Å². The topological polar surface area (TPSA) is 29.5 Å². The van der Waals surface area contributed by atoms with E-state index >= 15 is 0 Å². The number of hydrogen-bond donors (Lipinski definition) is 1. The first kappa shape index (κ1) is 15.2. The third-order valence-electron chi connectivity index (χ3n) is 2.17. The molecule has 1 aliphatic rings. The Morgan fingerprint density at radius 1 is 1.00 bits per heavy atom. The molecule has 2 rings (SSSR count).